The summed E-state index contributed by atoms with van der Waals surface area (Å²) in [5, 5.41) is 4.03. The average molecular weight is 662 g/mol. The Bertz CT molecular complexity index is 2410. The van der Waals surface area contributed by atoms with Crippen LogP contribution in [0, 0.1) is 0 Å². The van der Waals surface area contributed by atoms with Gasteiger partial charge in [-0.25, -0.2) is 0 Å². The molecule has 2 aliphatic heterocycles. The summed E-state index contributed by atoms with van der Waals surface area (Å²) in [4.78, 5) is 37.1. The summed E-state index contributed by atoms with van der Waals surface area (Å²) in [5.41, 5.74) is 6.62. The zero-order valence-electron chi connectivity index (χ0n) is 22.7. The average Bonchev–Trinajstić information content (AvgIpc) is 3.73. The predicted molar refractivity (Wildman–Crippen MR) is 180 cm³/mol. The molecule has 0 radical (unpaired) electrons. The molecule has 4 aromatic carbocycles. The molecule has 9 rings (SSSR count). The van der Waals surface area contributed by atoms with Crippen molar-refractivity contribution in [3.63, 3.8) is 0 Å². The topological polar surface area (TPSA) is 109 Å². The molecule has 0 saturated heterocycles. The third kappa shape index (κ3) is 4.13. The summed E-state index contributed by atoms with van der Waals surface area (Å²) in [6.07, 6.45) is 0. The van der Waals surface area contributed by atoms with Crippen molar-refractivity contribution in [2.24, 2.45) is 0 Å². The van der Waals surface area contributed by atoms with Crippen LogP contribution in [0.5, 0.6) is 0 Å². The Morgan fingerprint density at radius 1 is 0.395 bits per heavy atom. The van der Waals surface area contributed by atoms with Crippen molar-refractivity contribution in [3.8, 4) is 45.6 Å². The fourth-order valence-corrected chi connectivity index (χ4v) is 7.33. The van der Waals surface area contributed by atoms with Gasteiger partial charge in [-0.1, -0.05) is 6.07 Å². The number of hydrogen-bond donors (Lipinski definition) is 2. The molecule has 2 N–H and O–H groups in total. The van der Waals surface area contributed by atoms with E-state index in [-0.39, 0.29) is 24.8 Å². The first-order valence-electron chi connectivity index (χ1n) is 13.4. The molecule has 11 heteroatoms. The van der Waals surface area contributed by atoms with E-state index in [1.54, 1.807) is 0 Å². The number of nitrogens with zero attached hydrogens (tertiary/aromatic N) is 6. The molecule has 2 aliphatic rings. The van der Waals surface area contributed by atoms with E-state index in [1.807, 2.05) is 72.8 Å². The second-order valence-corrected chi connectivity index (χ2v) is 12.5. The summed E-state index contributed by atoms with van der Waals surface area (Å²) < 4.78 is 1.28. The first kappa shape index (κ1) is 27.2. The van der Waals surface area contributed by atoms with E-state index < -0.39 is 0 Å². The van der Waals surface area contributed by atoms with Crippen molar-refractivity contribution in [2.45, 2.75) is 0 Å². The third-order valence-electron chi connectivity index (χ3n) is 7.79. The van der Waals surface area contributed by atoms with Gasteiger partial charge >= 0.3 is 235 Å². The van der Waals surface area contributed by atoms with Crippen molar-refractivity contribution >= 4 is 89.9 Å². The molecule has 0 fully saturated rings. The van der Waals surface area contributed by atoms with Crippen LogP contribution < -0.4 is 4.40 Å². The predicted octanol–water partition coefficient (Wildman–Crippen LogP) is 5.70. The monoisotopic (exact) mass is 662 g/mol. The Morgan fingerprint density at radius 3 is 1.26 bits per heavy atom. The van der Waals surface area contributed by atoms with Gasteiger partial charge in [0.1, 0.15) is 0 Å². The molecule has 208 valence electrons. The molecule has 8 nitrogen and oxygen atoms in total. The summed E-state index contributed by atoms with van der Waals surface area (Å²) in [5.74, 6) is 2.46. The van der Waals surface area contributed by atoms with Crippen LogP contribution in [-0.2, 0) is 0 Å². The van der Waals surface area contributed by atoms with E-state index in [4.69, 9.17) is 29.9 Å². The van der Waals surface area contributed by atoms with Gasteiger partial charge in [0, 0.05) is 0 Å². The number of aromatic amines is 2. The number of H-pyrrole nitrogens is 2. The van der Waals surface area contributed by atoms with Gasteiger partial charge in [0.15, 0.2) is 0 Å². The summed E-state index contributed by atoms with van der Waals surface area (Å²) in [6.45, 7) is 0. The fraction of sp³-hybridized carbons (Fsp3) is 0. The molecule has 7 aromatic rings. The Hall–Kier alpha value is -4.64. The van der Waals surface area contributed by atoms with Gasteiger partial charge in [0.05, 0.1) is 0 Å². The maximum absolute atomic E-state index is 5.11. The van der Waals surface area contributed by atoms with Gasteiger partial charge in [0.2, 0.25) is 0 Å². The number of benzene rings is 4. The molecule has 0 atom stereocenters. The fourth-order valence-electron chi connectivity index (χ4n) is 5.86. The Kier molecular flexibility index (Phi) is 6.50. The first-order valence-corrected chi connectivity index (χ1v) is 15.5. The van der Waals surface area contributed by atoms with Crippen LogP contribution in [-0.4, -0.2) is 56.4 Å². The van der Waals surface area contributed by atoms with Gasteiger partial charge in [-0.3, -0.25) is 0 Å². The van der Waals surface area contributed by atoms with Crippen LogP contribution >= 0.6 is 24.8 Å². The second kappa shape index (κ2) is 10.3. The maximum atomic E-state index is 5.11. The molecule has 0 saturated carbocycles. The second-order valence-electron chi connectivity index (χ2n) is 10.2. The molecular weight excluding hydrogens is 640 g/mol. The molecule has 8 bridgehead atoms. The first-order chi connectivity index (χ1) is 20.2. The number of fused-ring (bicyclic) bond motifs is 20. The van der Waals surface area contributed by atoms with Crippen molar-refractivity contribution < 1.29 is 0 Å². The molecule has 0 amide bonds. The molecule has 43 heavy (non-hydrogen) atoms. The van der Waals surface area contributed by atoms with Gasteiger partial charge in [-0.15, -0.1) is 24.8 Å². The van der Waals surface area contributed by atoms with Crippen LogP contribution in [0.25, 0.3) is 89.7 Å². The summed E-state index contributed by atoms with van der Waals surface area (Å²) >= 11 is 0.431. The van der Waals surface area contributed by atoms with Gasteiger partial charge in [-0.2, -0.15) is 0 Å². The van der Waals surface area contributed by atoms with Crippen LogP contribution in [0.2, 0.25) is 0 Å². The van der Waals surface area contributed by atoms with E-state index >= 15 is 0 Å². The number of halogens is 2. The van der Waals surface area contributed by atoms with Crippen LogP contribution in [0.1, 0.15) is 0 Å². The number of nitrogens with one attached hydrogen (secondary N) is 2. The molecule has 0 aliphatic carbocycles. The normalized spacial score (nSPS) is 11.5. The SMILES string of the molecule is Cl.Cl.[GeH3][c]1cccc2c3nc4nc(nc5[nH]c(nc6nc(nc([nH]3)c12)-c1ccccc1-6)c1ccccc51)-c1ccccc1-4. The molecular formula is C32H22Cl2GeN8. The molecule has 5 heterocycles. The standard InChI is InChI=1S/C32H20GeN8.2ClH/c33-23-15-7-14-22-24(23)32-40-30-21-13-6-5-12-20(21)28(38-30)36-26-17-9-2-1-8-16(17)25(34-26)35-27-18-10-3-4-11-19(18)29(37-27)39-31(22)41-32;;/h1-15H,33H3,(H2,34,35,36,37,38,39,40,41);2*1H. The third-order valence-corrected chi connectivity index (χ3v) is 9.54. The number of rotatable bonds is 0. The zero-order chi connectivity index (χ0) is 27.1. The van der Waals surface area contributed by atoms with Crippen LogP contribution in [0.3, 0.4) is 0 Å². The van der Waals surface area contributed by atoms with Gasteiger partial charge < -0.3 is 0 Å². The van der Waals surface area contributed by atoms with Gasteiger partial charge in [-0.05, 0) is 0 Å². The molecule has 3 aromatic heterocycles. The van der Waals surface area contributed by atoms with Crippen molar-refractivity contribution in [3.05, 3.63) is 91.0 Å². The Labute approximate surface area is 265 Å². The number of hydrogen-bond acceptors (Lipinski definition) is 6. The quantitative estimate of drug-likeness (QED) is 0.202. The van der Waals surface area contributed by atoms with Crippen molar-refractivity contribution in [1.82, 2.24) is 39.9 Å². The molecule has 0 spiro atoms. The molecule has 0 unspecified atom stereocenters. The van der Waals surface area contributed by atoms with E-state index in [0.29, 0.717) is 51.1 Å². The summed E-state index contributed by atoms with van der Waals surface area (Å²) in [7, 11) is 0. The van der Waals surface area contributed by atoms with Crippen LogP contribution in [0.4, 0.5) is 0 Å². The van der Waals surface area contributed by atoms with E-state index in [1.165, 1.54) is 4.40 Å². The van der Waals surface area contributed by atoms with E-state index in [0.717, 1.165) is 55.1 Å². The van der Waals surface area contributed by atoms with Crippen molar-refractivity contribution in [1.29, 1.82) is 0 Å². The van der Waals surface area contributed by atoms with Crippen molar-refractivity contribution in [2.75, 3.05) is 0 Å². The summed E-state index contributed by atoms with van der Waals surface area (Å²) in [6, 6.07) is 30.6. The number of aromatic nitrogens is 8. The van der Waals surface area contributed by atoms with E-state index in [9.17, 15) is 0 Å². The van der Waals surface area contributed by atoms with Gasteiger partial charge in [0.25, 0.3) is 0 Å². The zero-order valence-corrected chi connectivity index (χ0v) is 28.5. The Morgan fingerprint density at radius 2 is 0.767 bits per heavy atom. The minimum absolute atomic E-state index is 0. The van der Waals surface area contributed by atoms with E-state index in [2.05, 4.69) is 28.2 Å². The Balaban J connectivity index is 0.00000150. The van der Waals surface area contributed by atoms with Crippen LogP contribution in [0.15, 0.2) is 91.0 Å². The minimum atomic E-state index is 0.